The maximum atomic E-state index is 9.96. The second kappa shape index (κ2) is 28.0. The van der Waals surface area contributed by atoms with Crippen LogP contribution in [0.15, 0.2) is 0 Å². The number of carbonyl (C=O) groups is 2. The van der Waals surface area contributed by atoms with Crippen molar-refractivity contribution in [2.24, 2.45) is 5.92 Å². The third kappa shape index (κ3) is 35.2. The van der Waals surface area contributed by atoms with Gasteiger partial charge in [0.2, 0.25) is 0 Å². The number of carboxylic acids is 1. The molecule has 0 spiro atoms. The molecule has 0 aromatic heterocycles. The molecule has 0 heterocycles. The van der Waals surface area contributed by atoms with Gasteiger partial charge in [-0.25, -0.2) is 0 Å². The van der Waals surface area contributed by atoms with Crippen LogP contribution in [0.5, 0.6) is 0 Å². The fourth-order valence-electron chi connectivity index (χ4n) is 2.69. The minimum Gasteiger partial charge on any atom is -0.481 e. The van der Waals surface area contributed by atoms with E-state index >= 15 is 0 Å². The summed E-state index contributed by atoms with van der Waals surface area (Å²) in [6, 6.07) is 0. The molecular formula is C22H46O3. The lowest BCUT2D eigenvalue weighted by atomic mass is 10.0. The van der Waals surface area contributed by atoms with Crippen molar-refractivity contribution in [1.82, 2.24) is 0 Å². The predicted molar refractivity (Wildman–Crippen MR) is 110 cm³/mol. The van der Waals surface area contributed by atoms with Crippen molar-refractivity contribution in [1.29, 1.82) is 0 Å². The molecule has 152 valence electrons. The average molecular weight is 359 g/mol. The van der Waals surface area contributed by atoms with Crippen molar-refractivity contribution >= 4 is 12.8 Å². The molecule has 1 fully saturated rings. The number of carbonyl (C=O) groups excluding carboxylic acids is 1. The fraction of sp³-hybridized carbons (Fsp3) is 0.909. The standard InChI is InChI=1S/C8H16.C7H14O2.C6H14.CH2O/c1-8-6-4-2-3-5-7-8;1-2-3-4-5-6-7(8)9;1-3-5-6-4-2;1-2/h8H,2-7H2,1H3;2-6H2,1H3,(H,8,9);3-6H2,1-2H3;1H2. The maximum absolute atomic E-state index is 9.96. The Morgan fingerprint density at radius 2 is 1.20 bits per heavy atom. The quantitative estimate of drug-likeness (QED) is 0.363. The van der Waals surface area contributed by atoms with Crippen LogP contribution in [0, 0.1) is 5.92 Å². The van der Waals surface area contributed by atoms with Gasteiger partial charge >= 0.3 is 5.97 Å². The summed E-state index contributed by atoms with van der Waals surface area (Å²) in [6.45, 7) is 11.0. The van der Waals surface area contributed by atoms with Gasteiger partial charge in [-0.15, -0.1) is 0 Å². The fourth-order valence-corrected chi connectivity index (χ4v) is 2.69. The van der Waals surface area contributed by atoms with Crippen LogP contribution in [0.25, 0.3) is 0 Å². The van der Waals surface area contributed by atoms with Crippen LogP contribution in [0.3, 0.4) is 0 Å². The van der Waals surface area contributed by atoms with E-state index in [1.165, 1.54) is 70.6 Å². The van der Waals surface area contributed by atoms with Crippen LogP contribution < -0.4 is 0 Å². The van der Waals surface area contributed by atoms with Crippen LogP contribution in [0.1, 0.15) is 124 Å². The lowest BCUT2D eigenvalue weighted by Crippen LogP contribution is -1.92. The van der Waals surface area contributed by atoms with Crippen LogP contribution in [-0.2, 0) is 9.59 Å². The summed E-state index contributed by atoms with van der Waals surface area (Å²) in [5.74, 6) is 0.351. The van der Waals surface area contributed by atoms with Crippen LogP contribution in [0.2, 0.25) is 0 Å². The monoisotopic (exact) mass is 358 g/mol. The zero-order chi connectivity index (χ0) is 19.8. The predicted octanol–water partition coefficient (Wildman–Crippen LogP) is 7.42. The molecule has 3 nitrogen and oxygen atoms in total. The minimum atomic E-state index is -0.675. The first-order valence-corrected chi connectivity index (χ1v) is 10.6. The zero-order valence-corrected chi connectivity index (χ0v) is 17.7. The number of carboxylic acid groups (broad SMARTS) is 1. The highest BCUT2D eigenvalue weighted by Crippen LogP contribution is 2.21. The summed E-state index contributed by atoms with van der Waals surface area (Å²) in [7, 11) is 0. The Bertz CT molecular complexity index is 229. The van der Waals surface area contributed by atoms with Gasteiger partial charge in [0.1, 0.15) is 6.79 Å². The molecule has 1 aliphatic rings. The second-order valence-corrected chi connectivity index (χ2v) is 7.01. The Morgan fingerprint density at radius 3 is 1.56 bits per heavy atom. The van der Waals surface area contributed by atoms with Gasteiger partial charge in [-0.1, -0.05) is 111 Å². The highest BCUT2D eigenvalue weighted by Gasteiger charge is 2.05. The van der Waals surface area contributed by atoms with Gasteiger partial charge in [-0.05, 0) is 12.3 Å². The van der Waals surface area contributed by atoms with E-state index in [-0.39, 0.29) is 0 Å². The van der Waals surface area contributed by atoms with E-state index in [1.807, 2.05) is 6.79 Å². The molecule has 25 heavy (non-hydrogen) atoms. The summed E-state index contributed by atoms with van der Waals surface area (Å²) in [5.41, 5.74) is 0. The topological polar surface area (TPSA) is 54.4 Å². The number of hydrogen-bond acceptors (Lipinski definition) is 2. The Labute approximate surface area is 158 Å². The molecule has 0 saturated heterocycles. The molecule has 1 N–H and O–H groups in total. The van der Waals surface area contributed by atoms with E-state index in [4.69, 9.17) is 9.90 Å². The van der Waals surface area contributed by atoms with Crippen molar-refractivity contribution in [3.05, 3.63) is 0 Å². The van der Waals surface area contributed by atoms with Gasteiger partial charge in [0.15, 0.2) is 0 Å². The molecule has 0 amide bonds. The summed E-state index contributed by atoms with van der Waals surface area (Å²) in [4.78, 5) is 18.0. The largest absolute Gasteiger partial charge is 0.481 e. The maximum Gasteiger partial charge on any atom is 0.303 e. The lowest BCUT2D eigenvalue weighted by molar-refractivity contribution is -0.137. The first-order valence-electron chi connectivity index (χ1n) is 10.6. The molecule has 0 radical (unpaired) electrons. The Kier molecular flexibility index (Phi) is 32.4. The molecule has 0 unspecified atom stereocenters. The van der Waals surface area contributed by atoms with Gasteiger partial charge in [0, 0.05) is 6.42 Å². The van der Waals surface area contributed by atoms with E-state index in [0.29, 0.717) is 6.42 Å². The van der Waals surface area contributed by atoms with Crippen molar-refractivity contribution in [2.75, 3.05) is 0 Å². The summed E-state index contributed by atoms with van der Waals surface area (Å²) < 4.78 is 0. The Hall–Kier alpha value is -0.860. The van der Waals surface area contributed by atoms with Crippen LogP contribution in [-0.4, -0.2) is 17.9 Å². The second-order valence-electron chi connectivity index (χ2n) is 7.01. The smallest absolute Gasteiger partial charge is 0.303 e. The van der Waals surface area contributed by atoms with Crippen LogP contribution >= 0.6 is 0 Å². The molecule has 1 rings (SSSR count). The first kappa shape index (κ1) is 28.9. The van der Waals surface area contributed by atoms with Crippen molar-refractivity contribution in [3.8, 4) is 0 Å². The van der Waals surface area contributed by atoms with Crippen LogP contribution in [0.4, 0.5) is 0 Å². The van der Waals surface area contributed by atoms with E-state index in [0.717, 1.165) is 25.2 Å². The number of rotatable bonds is 8. The average Bonchev–Trinajstić information content (AvgIpc) is 2.87. The number of aliphatic carboxylic acids is 1. The summed E-state index contributed by atoms with van der Waals surface area (Å²) >= 11 is 0. The normalized spacial score (nSPS) is 13.8. The minimum absolute atomic E-state index is 0.333. The third-order valence-electron chi connectivity index (χ3n) is 4.35. The van der Waals surface area contributed by atoms with Gasteiger partial charge < -0.3 is 9.90 Å². The Morgan fingerprint density at radius 1 is 0.800 bits per heavy atom. The molecule has 0 atom stereocenters. The summed E-state index contributed by atoms with van der Waals surface area (Å²) in [6.07, 6.45) is 19.0. The molecule has 0 aromatic carbocycles. The van der Waals surface area contributed by atoms with Gasteiger partial charge in [-0.3, -0.25) is 4.79 Å². The molecule has 0 aliphatic heterocycles. The van der Waals surface area contributed by atoms with Gasteiger partial charge in [0.25, 0.3) is 0 Å². The first-order chi connectivity index (χ1) is 12.1. The SMILES string of the molecule is C=O.CC1CCCCCC1.CCCCCC.CCCCCCC(=O)O. The van der Waals surface area contributed by atoms with Crippen molar-refractivity contribution < 1.29 is 14.7 Å². The van der Waals surface area contributed by atoms with E-state index in [9.17, 15) is 4.79 Å². The summed E-state index contributed by atoms with van der Waals surface area (Å²) in [5, 5.41) is 8.21. The molecular weight excluding hydrogens is 312 g/mol. The van der Waals surface area contributed by atoms with E-state index in [1.54, 1.807) is 0 Å². The highest BCUT2D eigenvalue weighted by molar-refractivity contribution is 5.66. The zero-order valence-electron chi connectivity index (χ0n) is 17.7. The molecule has 0 aromatic rings. The molecule has 3 heteroatoms. The van der Waals surface area contributed by atoms with Crippen molar-refractivity contribution in [3.63, 3.8) is 0 Å². The third-order valence-corrected chi connectivity index (χ3v) is 4.35. The lowest BCUT2D eigenvalue weighted by Gasteiger charge is -2.02. The van der Waals surface area contributed by atoms with E-state index in [2.05, 4.69) is 27.7 Å². The van der Waals surface area contributed by atoms with Crippen molar-refractivity contribution in [2.45, 2.75) is 124 Å². The highest BCUT2D eigenvalue weighted by atomic mass is 16.4. The van der Waals surface area contributed by atoms with E-state index < -0.39 is 5.97 Å². The molecule has 0 bridgehead atoms. The molecule has 1 aliphatic carbocycles. The molecule has 1 saturated carbocycles. The Balaban J connectivity index is -0.000000281. The number of unbranched alkanes of at least 4 members (excludes halogenated alkanes) is 6. The van der Waals surface area contributed by atoms with Gasteiger partial charge in [0.05, 0.1) is 0 Å². The number of hydrogen-bond donors (Lipinski definition) is 1. The van der Waals surface area contributed by atoms with Gasteiger partial charge in [-0.2, -0.15) is 0 Å².